The standard InChI is InChI=1S/C26H16N2O4S2/c29-13-9-15(25-27(11-13)17-5-1-3-7-19(17)33-25)21-23(31)22(24(21)32)16-10-14(30)12-28-18-6-2-4-8-20(18)34-26(16)28/h1-8H,9-12H2. The molecule has 0 unspecified atom stereocenters. The summed E-state index contributed by atoms with van der Waals surface area (Å²) in [5, 5.41) is 15.0. The van der Waals surface area contributed by atoms with E-state index >= 15 is 0 Å². The van der Waals surface area contributed by atoms with E-state index in [9.17, 15) is 19.5 Å². The van der Waals surface area contributed by atoms with E-state index in [2.05, 4.69) is 0 Å². The van der Waals surface area contributed by atoms with Crippen LogP contribution >= 0.6 is 23.1 Å². The molecular formula is C26H16N2O4S2. The third-order valence-electron chi connectivity index (χ3n) is 6.66. The molecule has 0 amide bonds. The van der Waals surface area contributed by atoms with E-state index in [4.69, 9.17) is 0 Å². The fraction of sp³-hybridized carbons (Fsp3) is 0.154. The zero-order chi connectivity index (χ0) is 23.1. The van der Waals surface area contributed by atoms with Gasteiger partial charge in [0, 0.05) is 40.5 Å². The highest BCUT2D eigenvalue weighted by Gasteiger charge is 2.43. The Bertz CT molecular complexity index is 1610. The average molecular weight is 485 g/mol. The number of carbonyl (C=O) groups excluding carboxylic acids is 3. The van der Waals surface area contributed by atoms with E-state index in [0.29, 0.717) is 11.1 Å². The van der Waals surface area contributed by atoms with E-state index in [1.54, 1.807) is 0 Å². The van der Waals surface area contributed by atoms with Crippen LogP contribution in [0.5, 0.6) is 0 Å². The first kappa shape index (κ1) is 19.9. The first-order chi connectivity index (χ1) is 16.5. The third-order valence-corrected chi connectivity index (χ3v) is 9.11. The summed E-state index contributed by atoms with van der Waals surface area (Å²) < 4.78 is 2.91. The summed E-state index contributed by atoms with van der Waals surface area (Å²) in [5.41, 5.74) is 3.08. The molecule has 0 N–H and O–H groups in total. The number of benzene rings is 2. The van der Waals surface area contributed by atoms with Crippen LogP contribution in [-0.4, -0.2) is 23.9 Å². The molecule has 0 spiro atoms. The molecule has 6 nitrogen and oxygen atoms in total. The molecule has 8 heteroatoms. The SMILES string of the molecule is O=C1CC(C2=C([O-])/C(=C3/CC(=O)C[n+]4c3sc3ccccc34)C2=O)=C2Sc3ccccc3N2C1. The van der Waals surface area contributed by atoms with Crippen LogP contribution in [0.1, 0.15) is 17.8 Å². The zero-order valence-electron chi connectivity index (χ0n) is 17.8. The van der Waals surface area contributed by atoms with Crippen LogP contribution < -0.4 is 14.6 Å². The van der Waals surface area contributed by atoms with Crippen molar-refractivity contribution in [3.63, 3.8) is 0 Å². The second kappa shape index (κ2) is 7.01. The van der Waals surface area contributed by atoms with Gasteiger partial charge in [-0.15, -0.1) is 0 Å². The normalized spacial score (nSPS) is 21.8. The molecule has 3 aliphatic heterocycles. The van der Waals surface area contributed by atoms with Crippen molar-refractivity contribution in [3.05, 3.63) is 81.0 Å². The lowest BCUT2D eigenvalue weighted by Gasteiger charge is -2.36. The van der Waals surface area contributed by atoms with Crippen LogP contribution in [0, 0.1) is 0 Å². The quantitative estimate of drug-likeness (QED) is 0.390. The molecular weight excluding hydrogens is 468 g/mol. The number of thiazole rings is 1. The van der Waals surface area contributed by atoms with Crippen LogP contribution in [-0.2, 0) is 20.9 Å². The summed E-state index contributed by atoms with van der Waals surface area (Å²) in [6.45, 7) is 0.478. The summed E-state index contributed by atoms with van der Waals surface area (Å²) in [7, 11) is 0. The first-order valence-corrected chi connectivity index (χ1v) is 12.6. The van der Waals surface area contributed by atoms with Gasteiger partial charge in [-0.05, 0) is 18.2 Å². The monoisotopic (exact) mass is 484 g/mol. The highest BCUT2D eigenvalue weighted by molar-refractivity contribution is 8.03. The molecule has 7 rings (SSSR count). The molecule has 2 aromatic carbocycles. The second-order valence-corrected chi connectivity index (χ2v) is 10.8. The maximum atomic E-state index is 13.5. The Hall–Kier alpha value is -3.49. The number of hydrogen-bond acceptors (Lipinski definition) is 7. The maximum absolute atomic E-state index is 13.5. The molecule has 3 aromatic rings. The van der Waals surface area contributed by atoms with Crippen LogP contribution in [0.4, 0.5) is 5.69 Å². The first-order valence-electron chi connectivity index (χ1n) is 10.9. The molecule has 34 heavy (non-hydrogen) atoms. The van der Waals surface area contributed by atoms with Crippen LogP contribution in [0.25, 0.3) is 15.8 Å². The summed E-state index contributed by atoms with van der Waals surface area (Å²) in [6, 6.07) is 15.5. The van der Waals surface area contributed by atoms with Gasteiger partial charge in [-0.2, -0.15) is 4.57 Å². The fourth-order valence-corrected chi connectivity index (χ4v) is 7.59. The lowest BCUT2D eigenvalue weighted by Crippen LogP contribution is -2.45. The van der Waals surface area contributed by atoms with Gasteiger partial charge in [0.05, 0.1) is 22.8 Å². The van der Waals surface area contributed by atoms with E-state index in [1.165, 1.54) is 23.1 Å². The highest BCUT2D eigenvalue weighted by atomic mass is 32.2. The number of anilines is 1. The van der Waals surface area contributed by atoms with Crippen LogP contribution in [0.15, 0.2) is 80.9 Å². The molecule has 1 aliphatic carbocycles. The number of thioether (sulfide) groups is 1. The number of hydrogen-bond donors (Lipinski definition) is 0. The number of carbonyl (C=O) groups is 3. The number of aromatic nitrogens is 1. The van der Waals surface area contributed by atoms with E-state index in [-0.39, 0.29) is 60.2 Å². The minimum Gasteiger partial charge on any atom is -0.871 e. The Morgan fingerprint density at radius 2 is 1.65 bits per heavy atom. The predicted octanol–water partition coefficient (Wildman–Crippen LogP) is 2.91. The minimum atomic E-state index is -0.354. The average Bonchev–Trinajstić information content (AvgIpc) is 3.38. The summed E-state index contributed by atoms with van der Waals surface area (Å²) in [5.74, 6) is -0.763. The number of nitrogens with zero attached hydrogens (tertiary/aromatic N) is 2. The van der Waals surface area contributed by atoms with Gasteiger partial charge in [-0.3, -0.25) is 14.4 Å². The van der Waals surface area contributed by atoms with Gasteiger partial charge >= 0.3 is 0 Å². The Morgan fingerprint density at radius 1 is 0.882 bits per heavy atom. The highest BCUT2D eigenvalue weighted by Crippen LogP contribution is 2.52. The van der Waals surface area contributed by atoms with Crippen molar-refractivity contribution in [1.82, 2.24) is 0 Å². The molecule has 166 valence electrons. The van der Waals surface area contributed by atoms with Crippen molar-refractivity contribution >= 4 is 61.9 Å². The van der Waals surface area contributed by atoms with Gasteiger partial charge in [0.25, 0.3) is 5.01 Å². The van der Waals surface area contributed by atoms with Gasteiger partial charge in [0.1, 0.15) is 4.70 Å². The Balaban J connectivity index is 1.40. The van der Waals surface area contributed by atoms with Crippen molar-refractivity contribution < 1.29 is 24.1 Å². The molecule has 0 saturated heterocycles. The van der Waals surface area contributed by atoms with Crippen molar-refractivity contribution in [2.75, 3.05) is 11.4 Å². The Morgan fingerprint density at radius 3 is 2.50 bits per heavy atom. The molecule has 0 fully saturated rings. The molecule has 1 aromatic heterocycles. The van der Waals surface area contributed by atoms with Gasteiger partial charge < -0.3 is 10.0 Å². The third kappa shape index (κ3) is 2.63. The predicted molar refractivity (Wildman–Crippen MR) is 127 cm³/mol. The lowest BCUT2D eigenvalue weighted by molar-refractivity contribution is -0.658. The fourth-order valence-electron chi connectivity index (χ4n) is 5.18. The summed E-state index contributed by atoms with van der Waals surface area (Å²) in [6.07, 6.45) is 0.147. The van der Waals surface area contributed by atoms with Crippen molar-refractivity contribution in [1.29, 1.82) is 0 Å². The van der Waals surface area contributed by atoms with E-state index in [1.807, 2.05) is 58.0 Å². The smallest absolute Gasteiger partial charge is 0.267 e. The van der Waals surface area contributed by atoms with Crippen LogP contribution in [0.3, 0.4) is 0 Å². The summed E-state index contributed by atoms with van der Waals surface area (Å²) in [4.78, 5) is 41.6. The largest absolute Gasteiger partial charge is 0.871 e. The number of Topliss-reactive ketones (excluding diaryl/α,β-unsaturated/α-hetero) is 3. The Kier molecular flexibility index (Phi) is 4.11. The minimum absolute atomic E-state index is 0.0274. The zero-order valence-corrected chi connectivity index (χ0v) is 19.4. The van der Waals surface area contributed by atoms with Crippen molar-refractivity contribution in [2.24, 2.45) is 0 Å². The molecule has 0 bridgehead atoms. The summed E-state index contributed by atoms with van der Waals surface area (Å²) >= 11 is 2.99. The van der Waals surface area contributed by atoms with Gasteiger partial charge in [0.15, 0.2) is 11.6 Å². The van der Waals surface area contributed by atoms with Crippen molar-refractivity contribution in [3.8, 4) is 0 Å². The number of allylic oxidation sites excluding steroid dienone is 4. The topological polar surface area (TPSA) is 81.4 Å². The molecule has 0 saturated carbocycles. The molecule has 4 heterocycles. The van der Waals surface area contributed by atoms with Gasteiger partial charge in [-0.1, -0.05) is 53.1 Å². The molecule has 4 aliphatic rings. The van der Waals surface area contributed by atoms with Gasteiger partial charge in [0.2, 0.25) is 17.8 Å². The van der Waals surface area contributed by atoms with Crippen LogP contribution in [0.2, 0.25) is 0 Å². The number of ketones is 3. The maximum Gasteiger partial charge on any atom is 0.267 e. The van der Waals surface area contributed by atoms with E-state index in [0.717, 1.165) is 30.8 Å². The second-order valence-electron chi connectivity index (χ2n) is 8.72. The number of para-hydroxylation sites is 2. The van der Waals surface area contributed by atoms with Crippen molar-refractivity contribution in [2.45, 2.75) is 24.3 Å². The van der Waals surface area contributed by atoms with E-state index < -0.39 is 0 Å². The molecule has 0 radical (unpaired) electrons. The van der Waals surface area contributed by atoms with Gasteiger partial charge in [-0.25, -0.2) is 0 Å². The Labute approximate surface area is 202 Å². The number of rotatable bonds is 1. The molecule has 0 atom stereocenters. The number of fused-ring (bicyclic) bond motifs is 6. The lowest BCUT2D eigenvalue weighted by atomic mass is 9.77.